The fourth-order valence-electron chi connectivity index (χ4n) is 2.23. The average Bonchev–Trinajstić information content (AvgIpc) is 2.71. The van der Waals surface area contributed by atoms with Gasteiger partial charge in [-0.25, -0.2) is 4.39 Å². The van der Waals surface area contributed by atoms with Gasteiger partial charge >= 0.3 is 0 Å². The molecule has 1 unspecified atom stereocenters. The van der Waals surface area contributed by atoms with Crippen molar-refractivity contribution in [1.82, 2.24) is 4.90 Å². The van der Waals surface area contributed by atoms with Crippen LogP contribution in [-0.4, -0.2) is 23.0 Å². The van der Waals surface area contributed by atoms with E-state index in [-0.39, 0.29) is 11.9 Å². The van der Waals surface area contributed by atoms with E-state index in [0.29, 0.717) is 4.99 Å². The Labute approximate surface area is 100 Å². The van der Waals surface area contributed by atoms with Gasteiger partial charge in [-0.05, 0) is 43.6 Å². The molecular weight excluding hydrogens is 223 g/mol. The number of rotatable bonds is 3. The van der Waals surface area contributed by atoms with Crippen LogP contribution in [0.4, 0.5) is 4.39 Å². The molecule has 1 atom stereocenters. The highest BCUT2D eigenvalue weighted by molar-refractivity contribution is 7.80. The first-order valence-corrected chi connectivity index (χ1v) is 5.88. The van der Waals surface area contributed by atoms with Crippen LogP contribution in [0.3, 0.4) is 0 Å². The molecule has 0 aliphatic carbocycles. The van der Waals surface area contributed by atoms with Crippen molar-refractivity contribution in [3.05, 3.63) is 35.6 Å². The molecule has 1 aromatic carbocycles. The standard InChI is InChI=1S/C12H15FN2S/c13-10-5-3-4-9(8-10)11(12(14)16)15-6-1-2-7-15/h3-5,8,11H,1-2,6-7H2,(H2,14,16). The molecule has 86 valence electrons. The highest BCUT2D eigenvalue weighted by atomic mass is 32.1. The Morgan fingerprint density at radius 3 is 2.62 bits per heavy atom. The Morgan fingerprint density at radius 1 is 1.38 bits per heavy atom. The lowest BCUT2D eigenvalue weighted by Gasteiger charge is -2.26. The van der Waals surface area contributed by atoms with Crippen molar-refractivity contribution in [3.63, 3.8) is 0 Å². The van der Waals surface area contributed by atoms with Crippen molar-refractivity contribution in [2.24, 2.45) is 5.73 Å². The fraction of sp³-hybridized carbons (Fsp3) is 0.417. The van der Waals surface area contributed by atoms with Gasteiger partial charge in [-0.15, -0.1) is 0 Å². The molecule has 0 bridgehead atoms. The van der Waals surface area contributed by atoms with Crippen LogP contribution < -0.4 is 5.73 Å². The van der Waals surface area contributed by atoms with Crippen molar-refractivity contribution >= 4 is 17.2 Å². The van der Waals surface area contributed by atoms with Crippen LogP contribution in [0.2, 0.25) is 0 Å². The van der Waals surface area contributed by atoms with Crippen LogP contribution in [0.15, 0.2) is 24.3 Å². The zero-order chi connectivity index (χ0) is 11.5. The number of likely N-dealkylation sites (tertiary alicyclic amines) is 1. The van der Waals surface area contributed by atoms with Crippen LogP contribution >= 0.6 is 12.2 Å². The molecular formula is C12H15FN2S. The lowest BCUT2D eigenvalue weighted by molar-refractivity contribution is 0.304. The van der Waals surface area contributed by atoms with Gasteiger partial charge in [0.15, 0.2) is 0 Å². The first-order chi connectivity index (χ1) is 7.68. The second kappa shape index (κ2) is 4.89. The molecule has 1 fully saturated rings. The maximum Gasteiger partial charge on any atom is 0.123 e. The number of nitrogens with zero attached hydrogens (tertiary/aromatic N) is 1. The van der Waals surface area contributed by atoms with E-state index in [2.05, 4.69) is 4.90 Å². The van der Waals surface area contributed by atoms with Gasteiger partial charge in [0.25, 0.3) is 0 Å². The largest absolute Gasteiger partial charge is 0.392 e. The molecule has 0 spiro atoms. The molecule has 0 amide bonds. The second-order valence-corrected chi connectivity index (χ2v) is 4.57. The van der Waals surface area contributed by atoms with E-state index in [4.69, 9.17) is 18.0 Å². The summed E-state index contributed by atoms with van der Waals surface area (Å²) in [6, 6.07) is 6.41. The summed E-state index contributed by atoms with van der Waals surface area (Å²) in [5.41, 5.74) is 6.62. The van der Waals surface area contributed by atoms with E-state index in [9.17, 15) is 4.39 Å². The Morgan fingerprint density at radius 2 is 2.06 bits per heavy atom. The summed E-state index contributed by atoms with van der Waals surface area (Å²) < 4.78 is 13.2. The van der Waals surface area contributed by atoms with Crippen LogP contribution in [-0.2, 0) is 0 Å². The van der Waals surface area contributed by atoms with Crippen LogP contribution in [0.25, 0.3) is 0 Å². The molecule has 1 heterocycles. The second-order valence-electron chi connectivity index (χ2n) is 4.10. The van der Waals surface area contributed by atoms with Crippen LogP contribution in [0.1, 0.15) is 24.4 Å². The third-order valence-electron chi connectivity index (χ3n) is 2.94. The normalized spacial score (nSPS) is 18.6. The molecule has 0 aromatic heterocycles. The van der Waals surface area contributed by atoms with Crippen LogP contribution in [0.5, 0.6) is 0 Å². The van der Waals surface area contributed by atoms with Gasteiger partial charge in [0.05, 0.1) is 11.0 Å². The average molecular weight is 238 g/mol. The summed E-state index contributed by atoms with van der Waals surface area (Å²) in [5.74, 6) is -0.238. The van der Waals surface area contributed by atoms with E-state index in [0.717, 1.165) is 31.5 Å². The summed E-state index contributed by atoms with van der Waals surface area (Å²) >= 11 is 5.09. The van der Waals surface area contributed by atoms with Gasteiger partial charge in [-0.2, -0.15) is 0 Å². The van der Waals surface area contributed by atoms with E-state index in [1.165, 1.54) is 12.1 Å². The van der Waals surface area contributed by atoms with E-state index >= 15 is 0 Å². The lowest BCUT2D eigenvalue weighted by atomic mass is 10.1. The smallest absolute Gasteiger partial charge is 0.123 e. The van der Waals surface area contributed by atoms with Gasteiger partial charge in [-0.1, -0.05) is 24.4 Å². The molecule has 4 heteroatoms. The van der Waals surface area contributed by atoms with Gasteiger partial charge in [0, 0.05) is 0 Å². The topological polar surface area (TPSA) is 29.3 Å². The summed E-state index contributed by atoms with van der Waals surface area (Å²) in [7, 11) is 0. The van der Waals surface area contributed by atoms with Crippen molar-refractivity contribution in [1.29, 1.82) is 0 Å². The molecule has 0 radical (unpaired) electrons. The minimum absolute atomic E-state index is 0.117. The predicted molar refractivity (Wildman–Crippen MR) is 66.7 cm³/mol. The zero-order valence-corrected chi connectivity index (χ0v) is 9.84. The Bertz CT molecular complexity index is 388. The number of hydrogen-bond acceptors (Lipinski definition) is 2. The molecule has 16 heavy (non-hydrogen) atoms. The minimum Gasteiger partial charge on any atom is -0.392 e. The summed E-state index contributed by atoms with van der Waals surface area (Å²) in [4.78, 5) is 2.64. The van der Waals surface area contributed by atoms with E-state index in [1.54, 1.807) is 6.07 Å². The monoisotopic (exact) mass is 238 g/mol. The van der Waals surface area contributed by atoms with Gasteiger partial charge in [0.1, 0.15) is 5.82 Å². The number of hydrogen-bond donors (Lipinski definition) is 1. The highest BCUT2D eigenvalue weighted by Gasteiger charge is 2.25. The van der Waals surface area contributed by atoms with Crippen molar-refractivity contribution in [2.45, 2.75) is 18.9 Å². The maximum atomic E-state index is 13.2. The maximum absolute atomic E-state index is 13.2. The molecule has 1 aliphatic heterocycles. The highest BCUT2D eigenvalue weighted by Crippen LogP contribution is 2.25. The van der Waals surface area contributed by atoms with Crippen molar-refractivity contribution in [3.8, 4) is 0 Å². The molecule has 2 rings (SSSR count). The van der Waals surface area contributed by atoms with Gasteiger partial charge in [-0.3, -0.25) is 4.90 Å². The molecule has 2 N–H and O–H groups in total. The Hall–Kier alpha value is -1.00. The molecule has 1 aliphatic rings. The molecule has 2 nitrogen and oxygen atoms in total. The summed E-state index contributed by atoms with van der Waals surface area (Å²) in [6.07, 6.45) is 2.32. The third kappa shape index (κ3) is 2.39. The zero-order valence-electron chi connectivity index (χ0n) is 9.03. The van der Waals surface area contributed by atoms with E-state index in [1.807, 2.05) is 6.07 Å². The molecule has 1 saturated heterocycles. The fourth-order valence-corrected chi connectivity index (χ4v) is 2.52. The van der Waals surface area contributed by atoms with E-state index < -0.39 is 0 Å². The van der Waals surface area contributed by atoms with Crippen LogP contribution in [0, 0.1) is 5.82 Å². The van der Waals surface area contributed by atoms with Gasteiger partial charge < -0.3 is 5.73 Å². The SMILES string of the molecule is NC(=S)C(c1cccc(F)c1)N1CCCC1. The molecule has 0 saturated carbocycles. The predicted octanol–water partition coefficient (Wildman–Crippen LogP) is 2.25. The van der Waals surface area contributed by atoms with Crippen molar-refractivity contribution < 1.29 is 4.39 Å². The minimum atomic E-state index is -0.238. The third-order valence-corrected chi connectivity index (χ3v) is 3.16. The summed E-state index contributed by atoms with van der Waals surface area (Å²) in [6.45, 7) is 1.97. The Balaban J connectivity index is 2.28. The quantitative estimate of drug-likeness (QED) is 0.819. The Kier molecular flexibility index (Phi) is 3.51. The number of halogens is 1. The lowest BCUT2D eigenvalue weighted by Crippen LogP contribution is -2.34. The number of benzene rings is 1. The van der Waals surface area contributed by atoms with Gasteiger partial charge in [0.2, 0.25) is 0 Å². The number of nitrogens with two attached hydrogens (primary N) is 1. The first kappa shape index (κ1) is 11.5. The van der Waals surface area contributed by atoms with Crippen molar-refractivity contribution in [2.75, 3.05) is 13.1 Å². The first-order valence-electron chi connectivity index (χ1n) is 5.47. The molecule has 1 aromatic rings. The number of thiocarbonyl (C=S) groups is 1. The summed E-state index contributed by atoms with van der Waals surface area (Å²) in [5, 5.41) is 0.